The number of carbonyl (C=O) groups excluding carboxylic acids is 1. The van der Waals surface area contributed by atoms with Crippen molar-refractivity contribution in [3.8, 4) is 0 Å². The maximum atomic E-state index is 11.2. The van der Waals surface area contributed by atoms with E-state index in [9.17, 15) is 4.79 Å². The number of ether oxygens (including phenoxy) is 1. The predicted molar refractivity (Wildman–Crippen MR) is 62.8 cm³/mol. The zero-order valence-corrected chi connectivity index (χ0v) is 10.7. The second kappa shape index (κ2) is 4.95. The molecule has 0 fully saturated rings. The lowest BCUT2D eigenvalue weighted by Gasteiger charge is -2.09. The lowest BCUT2D eigenvalue weighted by atomic mass is 10.1. The van der Waals surface area contributed by atoms with Crippen LogP contribution in [-0.4, -0.2) is 13.1 Å². The van der Waals surface area contributed by atoms with Crippen LogP contribution < -0.4 is 0 Å². The fourth-order valence-electron chi connectivity index (χ4n) is 0.911. The quantitative estimate of drug-likeness (QED) is 0.463. The number of carbonyl (C=O) groups is 1. The fourth-order valence-corrected chi connectivity index (χ4v) is 2.62. The minimum Gasteiger partial charge on any atom is -0.468 e. The highest BCUT2D eigenvalue weighted by atomic mass is 127. The van der Waals surface area contributed by atoms with Gasteiger partial charge in [0.15, 0.2) is 0 Å². The molecule has 0 aliphatic carbocycles. The molecule has 0 bridgehead atoms. The molecule has 0 N–H and O–H groups in total. The summed E-state index contributed by atoms with van der Waals surface area (Å²) in [6.45, 7) is 0. The maximum Gasteiger partial charge on any atom is 0.324 e. The van der Waals surface area contributed by atoms with Gasteiger partial charge in [-0.2, -0.15) is 0 Å². The number of rotatable bonds is 2. The monoisotopic (exact) mass is 354 g/mol. The molecule has 1 unspecified atom stereocenters. The van der Waals surface area contributed by atoms with Crippen LogP contribution in [0.5, 0.6) is 0 Å². The zero-order valence-electron chi connectivity index (χ0n) is 6.96. The van der Waals surface area contributed by atoms with Crippen LogP contribution in [0.15, 0.2) is 24.3 Å². The van der Waals surface area contributed by atoms with Crippen LogP contribution >= 0.6 is 38.5 Å². The number of hydrogen-bond donors (Lipinski definition) is 0. The summed E-state index contributed by atoms with van der Waals surface area (Å²) in [6.07, 6.45) is 0. The molecular weight excluding hydrogens is 347 g/mol. The van der Waals surface area contributed by atoms with Gasteiger partial charge in [0.1, 0.15) is 4.83 Å². The molecule has 0 saturated heterocycles. The van der Waals surface area contributed by atoms with Crippen molar-refractivity contribution in [2.75, 3.05) is 7.11 Å². The van der Waals surface area contributed by atoms with Gasteiger partial charge in [-0.05, 0) is 34.2 Å². The summed E-state index contributed by atoms with van der Waals surface area (Å²) in [7, 11) is 1.38. The van der Waals surface area contributed by atoms with Crippen molar-refractivity contribution < 1.29 is 9.53 Å². The molecule has 2 nitrogen and oxygen atoms in total. The first-order chi connectivity index (χ1) is 6.16. The van der Waals surface area contributed by atoms with Gasteiger partial charge in [-0.25, -0.2) is 0 Å². The van der Waals surface area contributed by atoms with Gasteiger partial charge < -0.3 is 4.74 Å². The van der Waals surface area contributed by atoms with E-state index >= 15 is 0 Å². The Balaban J connectivity index is 2.95. The fraction of sp³-hybridized carbons (Fsp3) is 0.222. The van der Waals surface area contributed by atoms with Crippen molar-refractivity contribution in [2.45, 2.75) is 4.83 Å². The van der Waals surface area contributed by atoms with Crippen LogP contribution in [0.25, 0.3) is 0 Å². The molecule has 1 aromatic carbocycles. The average molecular weight is 355 g/mol. The Labute approximate surface area is 98.9 Å². The van der Waals surface area contributed by atoms with Crippen molar-refractivity contribution in [3.05, 3.63) is 33.4 Å². The number of esters is 1. The first-order valence-corrected chi connectivity index (χ1v) is 5.62. The Kier molecular flexibility index (Phi) is 4.18. The highest BCUT2D eigenvalue weighted by molar-refractivity contribution is 14.1. The minimum absolute atomic E-state index is 0.274. The lowest BCUT2D eigenvalue weighted by molar-refractivity contribution is -0.139. The van der Waals surface area contributed by atoms with Crippen LogP contribution in [0, 0.1) is 3.57 Å². The molecular formula is C9H8BrIO2. The predicted octanol–water partition coefficient (Wildman–Crippen LogP) is 2.90. The largest absolute Gasteiger partial charge is 0.468 e. The molecule has 0 saturated carbocycles. The molecule has 0 spiro atoms. The van der Waals surface area contributed by atoms with Gasteiger partial charge in [-0.15, -0.1) is 0 Å². The van der Waals surface area contributed by atoms with E-state index in [0.717, 1.165) is 9.13 Å². The molecule has 0 aromatic heterocycles. The van der Waals surface area contributed by atoms with Crippen molar-refractivity contribution >= 4 is 44.5 Å². The van der Waals surface area contributed by atoms with Crippen molar-refractivity contribution in [3.63, 3.8) is 0 Å². The lowest BCUT2D eigenvalue weighted by Crippen LogP contribution is -2.09. The van der Waals surface area contributed by atoms with Gasteiger partial charge in [0.05, 0.1) is 7.11 Å². The average Bonchev–Trinajstić information content (AvgIpc) is 2.16. The normalized spacial score (nSPS) is 12.2. The van der Waals surface area contributed by atoms with E-state index in [0.29, 0.717) is 0 Å². The molecule has 0 amide bonds. The Hall–Kier alpha value is -0.100. The summed E-state index contributed by atoms with van der Waals surface area (Å²) in [5, 5.41) is 0. The topological polar surface area (TPSA) is 26.3 Å². The van der Waals surface area contributed by atoms with Crippen molar-refractivity contribution in [1.29, 1.82) is 0 Å². The smallest absolute Gasteiger partial charge is 0.324 e. The number of benzene rings is 1. The Morgan fingerprint density at radius 3 is 2.69 bits per heavy atom. The van der Waals surface area contributed by atoms with Crippen LogP contribution in [0.4, 0.5) is 0 Å². The first-order valence-electron chi connectivity index (χ1n) is 3.63. The summed E-state index contributed by atoms with van der Waals surface area (Å²) in [6, 6.07) is 7.68. The highest BCUT2D eigenvalue weighted by Crippen LogP contribution is 2.27. The minimum atomic E-state index is -0.370. The number of halogens is 2. The van der Waals surface area contributed by atoms with Gasteiger partial charge in [-0.3, -0.25) is 4.79 Å². The van der Waals surface area contributed by atoms with Crippen LogP contribution in [0.1, 0.15) is 10.4 Å². The molecule has 0 heterocycles. The van der Waals surface area contributed by atoms with Gasteiger partial charge in [0, 0.05) is 3.57 Å². The number of methoxy groups -OCH3 is 1. The molecule has 70 valence electrons. The van der Waals surface area contributed by atoms with E-state index in [1.165, 1.54) is 7.11 Å². The summed E-state index contributed by atoms with van der Waals surface area (Å²) in [5.74, 6) is -0.274. The van der Waals surface area contributed by atoms with Gasteiger partial charge in [0.2, 0.25) is 0 Å². The van der Waals surface area contributed by atoms with E-state index in [-0.39, 0.29) is 10.8 Å². The molecule has 1 atom stereocenters. The summed E-state index contributed by atoms with van der Waals surface area (Å²) < 4.78 is 5.68. The zero-order chi connectivity index (χ0) is 9.84. The molecule has 1 aromatic rings. The molecule has 4 heteroatoms. The van der Waals surface area contributed by atoms with Gasteiger partial charge in [-0.1, -0.05) is 34.1 Å². The second-order valence-electron chi connectivity index (χ2n) is 2.41. The number of alkyl halides is 1. The third kappa shape index (κ3) is 2.67. The second-order valence-corrected chi connectivity index (χ2v) is 4.49. The standard InChI is InChI=1S/C9H8BrIO2/c1-13-9(12)8(10)6-4-2-3-5-7(6)11/h2-5,8H,1H3. The van der Waals surface area contributed by atoms with Crippen LogP contribution in [-0.2, 0) is 9.53 Å². The third-order valence-corrected chi connectivity index (χ3v) is 3.44. The van der Waals surface area contributed by atoms with Gasteiger partial charge >= 0.3 is 5.97 Å². The SMILES string of the molecule is COC(=O)C(Br)c1ccccc1I. The number of hydrogen-bond acceptors (Lipinski definition) is 2. The Morgan fingerprint density at radius 1 is 1.54 bits per heavy atom. The molecule has 1 rings (SSSR count). The molecule has 13 heavy (non-hydrogen) atoms. The van der Waals surface area contributed by atoms with Crippen molar-refractivity contribution in [2.24, 2.45) is 0 Å². The van der Waals surface area contributed by atoms with E-state index in [1.807, 2.05) is 24.3 Å². The molecule has 0 aliphatic rings. The van der Waals surface area contributed by atoms with E-state index < -0.39 is 0 Å². The summed E-state index contributed by atoms with van der Waals surface area (Å²) >= 11 is 5.47. The van der Waals surface area contributed by atoms with E-state index in [1.54, 1.807) is 0 Å². The van der Waals surface area contributed by atoms with Crippen LogP contribution in [0.3, 0.4) is 0 Å². The van der Waals surface area contributed by atoms with Crippen molar-refractivity contribution in [1.82, 2.24) is 0 Å². The maximum absolute atomic E-state index is 11.2. The Morgan fingerprint density at radius 2 is 2.15 bits per heavy atom. The molecule has 0 radical (unpaired) electrons. The van der Waals surface area contributed by atoms with Gasteiger partial charge in [0.25, 0.3) is 0 Å². The molecule has 0 aliphatic heterocycles. The van der Waals surface area contributed by atoms with E-state index in [2.05, 4.69) is 43.3 Å². The third-order valence-electron chi connectivity index (χ3n) is 1.59. The Bertz CT molecular complexity index is 314. The summed E-state index contributed by atoms with van der Waals surface area (Å²) in [5.41, 5.74) is 0.940. The van der Waals surface area contributed by atoms with E-state index in [4.69, 9.17) is 0 Å². The first kappa shape index (κ1) is 11.0. The highest BCUT2D eigenvalue weighted by Gasteiger charge is 2.19. The van der Waals surface area contributed by atoms with Crippen LogP contribution in [0.2, 0.25) is 0 Å². The summed E-state index contributed by atoms with van der Waals surface area (Å²) in [4.78, 5) is 10.8.